The van der Waals surface area contributed by atoms with E-state index in [-0.39, 0.29) is 15.8 Å². The summed E-state index contributed by atoms with van der Waals surface area (Å²) >= 11 is 12.1. The lowest BCUT2D eigenvalue weighted by molar-refractivity contribution is -0.120. The lowest BCUT2D eigenvalue weighted by Crippen LogP contribution is -2.32. The van der Waals surface area contributed by atoms with Gasteiger partial charge in [-0.3, -0.25) is 9.59 Å². The van der Waals surface area contributed by atoms with Gasteiger partial charge in [-0.15, -0.1) is 0 Å². The van der Waals surface area contributed by atoms with Crippen molar-refractivity contribution < 1.29 is 14.3 Å². The van der Waals surface area contributed by atoms with E-state index in [4.69, 9.17) is 27.9 Å². The van der Waals surface area contributed by atoms with Crippen LogP contribution in [0.3, 0.4) is 0 Å². The van der Waals surface area contributed by atoms with E-state index in [9.17, 15) is 9.59 Å². The minimum Gasteiger partial charge on any atom is -0.497 e. The highest BCUT2D eigenvalue weighted by Crippen LogP contribution is 2.34. The van der Waals surface area contributed by atoms with Crippen molar-refractivity contribution in [1.29, 1.82) is 0 Å². The molecule has 2 aromatic carbocycles. The third-order valence-corrected chi connectivity index (χ3v) is 4.15. The molecule has 2 amide bonds. The number of carbonyl (C=O) groups is 2. The fourth-order valence-corrected chi connectivity index (χ4v) is 2.71. The first kappa shape index (κ1) is 16.4. The summed E-state index contributed by atoms with van der Waals surface area (Å²) in [5.41, 5.74) is 0.900. The molecule has 7 heteroatoms. The lowest BCUT2D eigenvalue weighted by Gasteiger charge is -2.16. The van der Waals surface area contributed by atoms with E-state index < -0.39 is 11.8 Å². The number of rotatable bonds is 4. The Kier molecular flexibility index (Phi) is 4.46. The predicted molar refractivity (Wildman–Crippen MR) is 93.4 cm³/mol. The number of imide groups is 1. The van der Waals surface area contributed by atoms with E-state index in [1.807, 2.05) is 0 Å². The number of nitrogens with zero attached hydrogens (tertiary/aromatic N) is 1. The van der Waals surface area contributed by atoms with Gasteiger partial charge in [0, 0.05) is 5.69 Å². The minimum absolute atomic E-state index is 0.00625. The van der Waals surface area contributed by atoms with Crippen molar-refractivity contribution in [3.63, 3.8) is 0 Å². The molecule has 0 saturated carbocycles. The van der Waals surface area contributed by atoms with Crippen molar-refractivity contribution in [2.24, 2.45) is 0 Å². The molecule has 1 aliphatic heterocycles. The van der Waals surface area contributed by atoms with E-state index in [1.54, 1.807) is 55.6 Å². The van der Waals surface area contributed by atoms with Crippen molar-refractivity contribution in [3.8, 4) is 5.75 Å². The largest absolute Gasteiger partial charge is 0.497 e. The van der Waals surface area contributed by atoms with Crippen LogP contribution >= 0.6 is 23.2 Å². The molecule has 1 N–H and O–H groups in total. The fourth-order valence-electron chi connectivity index (χ4n) is 2.28. The molecular formula is C17H12Cl2N2O3. The Morgan fingerprint density at radius 3 is 2.25 bits per heavy atom. The van der Waals surface area contributed by atoms with E-state index >= 15 is 0 Å². The van der Waals surface area contributed by atoms with Gasteiger partial charge in [-0.1, -0.05) is 35.3 Å². The van der Waals surface area contributed by atoms with E-state index in [1.165, 1.54) is 0 Å². The molecule has 0 saturated heterocycles. The number of hydrogen-bond donors (Lipinski definition) is 1. The molecule has 2 aromatic rings. The summed E-state index contributed by atoms with van der Waals surface area (Å²) in [4.78, 5) is 25.9. The average molecular weight is 363 g/mol. The van der Waals surface area contributed by atoms with Crippen LogP contribution in [0.5, 0.6) is 5.75 Å². The maximum absolute atomic E-state index is 12.6. The average Bonchev–Trinajstić information content (AvgIpc) is 2.80. The summed E-state index contributed by atoms with van der Waals surface area (Å²) in [6.45, 7) is 0. The second kappa shape index (κ2) is 6.55. The zero-order valence-corrected chi connectivity index (χ0v) is 14.1. The van der Waals surface area contributed by atoms with E-state index in [0.29, 0.717) is 17.1 Å². The number of ether oxygens (including phenoxy) is 1. The van der Waals surface area contributed by atoms with Crippen LogP contribution in [0, 0.1) is 0 Å². The van der Waals surface area contributed by atoms with Crippen molar-refractivity contribution in [2.45, 2.75) is 0 Å². The molecule has 0 bridgehead atoms. The molecule has 0 spiro atoms. The van der Waals surface area contributed by atoms with Crippen LogP contribution in [0.4, 0.5) is 11.4 Å². The predicted octanol–water partition coefficient (Wildman–Crippen LogP) is 3.78. The molecule has 0 fully saturated rings. The Morgan fingerprint density at radius 2 is 1.62 bits per heavy atom. The topological polar surface area (TPSA) is 58.6 Å². The molecule has 0 radical (unpaired) electrons. The third kappa shape index (κ3) is 2.84. The van der Waals surface area contributed by atoms with Gasteiger partial charge in [0.15, 0.2) is 0 Å². The van der Waals surface area contributed by atoms with Gasteiger partial charge in [-0.05, 0) is 36.4 Å². The standard InChI is InChI=1S/C17H12Cl2N2O3/c1-24-11-8-6-10(7-9-11)20-15-14(19)16(22)21(17(15)23)13-5-3-2-4-12(13)18/h2-9,20H,1H3. The third-order valence-electron chi connectivity index (χ3n) is 3.48. The van der Waals surface area contributed by atoms with Crippen LogP contribution in [0.1, 0.15) is 0 Å². The molecule has 5 nitrogen and oxygen atoms in total. The molecular weight excluding hydrogens is 351 g/mol. The Labute approximate surface area is 148 Å². The summed E-state index contributed by atoms with van der Waals surface area (Å²) < 4.78 is 5.08. The molecule has 3 rings (SSSR count). The molecule has 24 heavy (non-hydrogen) atoms. The Morgan fingerprint density at radius 1 is 0.958 bits per heavy atom. The minimum atomic E-state index is -0.620. The lowest BCUT2D eigenvalue weighted by atomic mass is 10.2. The number of carbonyl (C=O) groups excluding carboxylic acids is 2. The SMILES string of the molecule is COc1ccc(NC2=C(Cl)C(=O)N(c3ccccc3Cl)C2=O)cc1. The highest BCUT2D eigenvalue weighted by molar-refractivity contribution is 6.53. The van der Waals surface area contributed by atoms with Gasteiger partial charge in [-0.25, -0.2) is 4.90 Å². The van der Waals surface area contributed by atoms with Crippen LogP contribution < -0.4 is 15.0 Å². The van der Waals surface area contributed by atoms with Gasteiger partial charge in [-0.2, -0.15) is 0 Å². The molecule has 1 heterocycles. The first-order valence-electron chi connectivity index (χ1n) is 6.97. The van der Waals surface area contributed by atoms with Crippen LogP contribution in [-0.2, 0) is 9.59 Å². The summed E-state index contributed by atoms with van der Waals surface area (Å²) in [5, 5.41) is 2.98. The Hall–Kier alpha value is -2.50. The maximum Gasteiger partial charge on any atom is 0.283 e. The quantitative estimate of drug-likeness (QED) is 0.840. The van der Waals surface area contributed by atoms with Gasteiger partial charge >= 0.3 is 0 Å². The van der Waals surface area contributed by atoms with Crippen molar-refractivity contribution in [1.82, 2.24) is 0 Å². The fraction of sp³-hybridized carbons (Fsp3) is 0.0588. The first-order valence-corrected chi connectivity index (χ1v) is 7.72. The number of benzene rings is 2. The number of anilines is 2. The highest BCUT2D eigenvalue weighted by atomic mass is 35.5. The zero-order chi connectivity index (χ0) is 17.3. The van der Waals surface area contributed by atoms with Crippen LogP contribution in [-0.4, -0.2) is 18.9 Å². The second-order valence-electron chi connectivity index (χ2n) is 4.94. The first-order chi connectivity index (χ1) is 11.5. The summed E-state index contributed by atoms with van der Waals surface area (Å²) in [6.07, 6.45) is 0. The number of amides is 2. The number of hydrogen-bond acceptors (Lipinski definition) is 4. The van der Waals surface area contributed by atoms with Crippen LogP contribution in [0.2, 0.25) is 5.02 Å². The molecule has 1 aliphatic rings. The number of nitrogens with one attached hydrogen (secondary N) is 1. The normalized spacial score (nSPS) is 14.4. The van der Waals surface area contributed by atoms with Gasteiger partial charge in [0.1, 0.15) is 16.5 Å². The maximum atomic E-state index is 12.6. The van der Waals surface area contributed by atoms with Crippen molar-refractivity contribution in [3.05, 3.63) is 64.3 Å². The summed E-state index contributed by atoms with van der Waals surface area (Å²) in [5.74, 6) is -0.508. The van der Waals surface area contributed by atoms with Gasteiger partial charge in [0.25, 0.3) is 11.8 Å². The molecule has 122 valence electrons. The van der Waals surface area contributed by atoms with Gasteiger partial charge in [0.05, 0.1) is 17.8 Å². The smallest absolute Gasteiger partial charge is 0.283 e. The van der Waals surface area contributed by atoms with Crippen LogP contribution in [0.15, 0.2) is 59.3 Å². The Balaban J connectivity index is 1.90. The monoisotopic (exact) mass is 362 g/mol. The summed E-state index contributed by atoms with van der Waals surface area (Å²) in [6, 6.07) is 13.5. The number of halogens is 2. The molecule has 0 atom stereocenters. The number of methoxy groups -OCH3 is 1. The van der Waals surface area contributed by atoms with Crippen molar-refractivity contribution >= 4 is 46.4 Å². The van der Waals surface area contributed by atoms with Gasteiger partial charge < -0.3 is 10.1 Å². The summed E-state index contributed by atoms with van der Waals surface area (Å²) in [7, 11) is 1.56. The van der Waals surface area contributed by atoms with Crippen LogP contribution in [0.25, 0.3) is 0 Å². The van der Waals surface area contributed by atoms with E-state index in [0.717, 1.165) is 4.90 Å². The molecule has 0 aliphatic carbocycles. The van der Waals surface area contributed by atoms with Gasteiger partial charge in [0.2, 0.25) is 0 Å². The van der Waals surface area contributed by atoms with Crippen molar-refractivity contribution in [2.75, 3.05) is 17.3 Å². The highest BCUT2D eigenvalue weighted by Gasteiger charge is 2.39. The second-order valence-corrected chi connectivity index (χ2v) is 5.72. The molecule has 0 aromatic heterocycles. The number of para-hydroxylation sites is 1. The zero-order valence-electron chi connectivity index (χ0n) is 12.5. The Bertz CT molecular complexity index is 847. The van der Waals surface area contributed by atoms with E-state index in [2.05, 4.69) is 5.32 Å². The molecule has 0 unspecified atom stereocenters.